The van der Waals surface area contributed by atoms with Crippen LogP contribution < -0.4 is 5.32 Å². The first-order valence-corrected chi connectivity index (χ1v) is 11.0. The Morgan fingerprint density at radius 1 is 1.25 bits per heavy atom. The molecule has 3 aromatic rings. The van der Waals surface area contributed by atoms with Crippen molar-refractivity contribution >= 4 is 5.91 Å². The van der Waals surface area contributed by atoms with Crippen LogP contribution in [0.4, 0.5) is 0 Å². The molecule has 1 unspecified atom stereocenters. The molecule has 2 aromatic heterocycles. The Hall–Kier alpha value is -3.04. The fourth-order valence-corrected chi connectivity index (χ4v) is 4.64. The number of likely N-dealkylation sites (tertiary alicyclic amines) is 1. The highest BCUT2D eigenvalue weighted by Crippen LogP contribution is 2.33. The molecule has 1 fully saturated rings. The van der Waals surface area contributed by atoms with Crippen LogP contribution >= 0.6 is 0 Å². The van der Waals surface area contributed by atoms with Gasteiger partial charge in [0, 0.05) is 30.8 Å². The molecule has 1 spiro atoms. The summed E-state index contributed by atoms with van der Waals surface area (Å²) in [5, 5.41) is 15.7. The Labute approximate surface area is 186 Å². The average molecular weight is 437 g/mol. The molecular formula is C23H28N6O3. The first kappa shape index (κ1) is 20.8. The zero-order chi connectivity index (χ0) is 22.3. The lowest BCUT2D eigenvalue weighted by atomic mass is 10.0. The molecule has 9 heteroatoms. The summed E-state index contributed by atoms with van der Waals surface area (Å²) >= 11 is 0. The van der Waals surface area contributed by atoms with Crippen LogP contribution in [0.2, 0.25) is 0 Å². The molecule has 1 amide bonds. The molecular weight excluding hydrogens is 408 g/mol. The van der Waals surface area contributed by atoms with Crippen molar-refractivity contribution in [3.8, 4) is 0 Å². The topological polar surface area (TPSA) is 98.3 Å². The summed E-state index contributed by atoms with van der Waals surface area (Å²) in [5.41, 5.74) is 5.23. The number of carbonyl (C=O) groups excluding carboxylic acids is 1. The number of nitrogens with zero attached hydrogens (tertiary/aromatic N) is 5. The number of nitrogens with one attached hydrogen (secondary N) is 1. The van der Waals surface area contributed by atoms with Gasteiger partial charge in [-0.3, -0.25) is 9.69 Å². The summed E-state index contributed by atoms with van der Waals surface area (Å²) in [6, 6.07) is 7.54. The van der Waals surface area contributed by atoms with Crippen molar-refractivity contribution in [3.05, 3.63) is 63.8 Å². The number of hydrogen-bond acceptors (Lipinski definition) is 7. The Kier molecular flexibility index (Phi) is 5.30. The first-order valence-electron chi connectivity index (χ1n) is 11.0. The molecule has 32 heavy (non-hydrogen) atoms. The van der Waals surface area contributed by atoms with E-state index in [2.05, 4.69) is 25.7 Å². The maximum atomic E-state index is 12.5. The van der Waals surface area contributed by atoms with E-state index in [1.165, 1.54) is 0 Å². The highest BCUT2D eigenvalue weighted by Gasteiger charge is 2.43. The van der Waals surface area contributed by atoms with E-state index < -0.39 is 0 Å². The second kappa shape index (κ2) is 8.14. The number of aromatic nitrogens is 4. The van der Waals surface area contributed by atoms with E-state index in [9.17, 15) is 4.79 Å². The van der Waals surface area contributed by atoms with Crippen LogP contribution in [0.15, 0.2) is 28.8 Å². The smallest absolute Gasteiger partial charge is 0.251 e. The molecule has 1 atom stereocenters. The molecule has 1 saturated heterocycles. The number of hydrogen-bond donors (Lipinski definition) is 1. The van der Waals surface area contributed by atoms with Gasteiger partial charge in [0.05, 0.1) is 31.1 Å². The predicted molar refractivity (Wildman–Crippen MR) is 116 cm³/mol. The largest absolute Gasteiger partial charge is 0.365 e. The molecule has 0 aliphatic carbocycles. The lowest BCUT2D eigenvalue weighted by Gasteiger charge is -2.34. The predicted octanol–water partition coefficient (Wildman–Crippen LogP) is 2.30. The van der Waals surface area contributed by atoms with E-state index in [1.807, 2.05) is 49.7 Å². The molecule has 2 aliphatic rings. The van der Waals surface area contributed by atoms with Crippen molar-refractivity contribution in [3.63, 3.8) is 0 Å². The number of aryl methyl sites for hydroxylation is 3. The number of rotatable bonds is 5. The number of amides is 1. The molecule has 4 heterocycles. The fourth-order valence-electron chi connectivity index (χ4n) is 4.64. The van der Waals surface area contributed by atoms with Crippen LogP contribution in [0.1, 0.15) is 50.7 Å². The highest BCUT2D eigenvalue weighted by molar-refractivity contribution is 5.94. The van der Waals surface area contributed by atoms with Crippen LogP contribution in [0, 0.1) is 20.8 Å². The first-order chi connectivity index (χ1) is 15.4. The molecule has 0 saturated carbocycles. The zero-order valence-corrected chi connectivity index (χ0v) is 18.7. The standard InChI is InChI=1S/C23H28N6O3/c1-15-5-4-6-18(9-15)22(30)24-10-20-21-12-31-23(14-29(21)27-25-20)7-8-28(13-23)11-19-16(2)26-32-17(19)3/h4-6,9H,7-8,10-14H2,1-3H3,(H,24,30). The summed E-state index contributed by atoms with van der Waals surface area (Å²) in [5.74, 6) is 0.762. The van der Waals surface area contributed by atoms with Gasteiger partial charge in [-0.25, -0.2) is 4.68 Å². The van der Waals surface area contributed by atoms with Crippen molar-refractivity contribution in [1.29, 1.82) is 0 Å². The highest BCUT2D eigenvalue weighted by atomic mass is 16.5. The quantitative estimate of drug-likeness (QED) is 0.655. The summed E-state index contributed by atoms with van der Waals surface area (Å²) in [4.78, 5) is 14.9. The molecule has 0 radical (unpaired) electrons. The molecule has 168 valence electrons. The van der Waals surface area contributed by atoms with E-state index in [0.717, 1.165) is 60.0 Å². The van der Waals surface area contributed by atoms with Gasteiger partial charge < -0.3 is 14.6 Å². The minimum atomic E-state index is -0.262. The lowest BCUT2D eigenvalue weighted by Crippen LogP contribution is -2.44. The van der Waals surface area contributed by atoms with Gasteiger partial charge in [-0.05, 0) is 39.3 Å². The third-order valence-electron chi connectivity index (χ3n) is 6.53. The number of ether oxygens (including phenoxy) is 1. The van der Waals surface area contributed by atoms with Gasteiger partial charge in [0.2, 0.25) is 0 Å². The Morgan fingerprint density at radius 3 is 2.91 bits per heavy atom. The van der Waals surface area contributed by atoms with Gasteiger partial charge in [-0.2, -0.15) is 0 Å². The van der Waals surface area contributed by atoms with Gasteiger partial charge in [0.1, 0.15) is 17.1 Å². The Balaban J connectivity index is 1.22. The van der Waals surface area contributed by atoms with E-state index in [-0.39, 0.29) is 11.5 Å². The summed E-state index contributed by atoms with van der Waals surface area (Å²) in [6.07, 6.45) is 0.940. The van der Waals surface area contributed by atoms with Crippen LogP contribution in [0.25, 0.3) is 0 Å². The number of benzene rings is 1. The summed E-state index contributed by atoms with van der Waals surface area (Å²) < 4.78 is 13.6. The second-order valence-corrected chi connectivity index (χ2v) is 8.93. The van der Waals surface area contributed by atoms with Gasteiger partial charge in [0.15, 0.2) is 0 Å². The van der Waals surface area contributed by atoms with Crippen molar-refractivity contribution in [2.45, 2.75) is 59.0 Å². The van der Waals surface area contributed by atoms with E-state index in [1.54, 1.807) is 0 Å². The van der Waals surface area contributed by atoms with E-state index in [0.29, 0.717) is 25.3 Å². The minimum absolute atomic E-state index is 0.116. The molecule has 1 aromatic carbocycles. The summed E-state index contributed by atoms with van der Waals surface area (Å²) in [6.45, 7) is 9.95. The third-order valence-corrected chi connectivity index (χ3v) is 6.53. The molecule has 2 aliphatic heterocycles. The maximum Gasteiger partial charge on any atom is 0.251 e. The van der Waals surface area contributed by atoms with Gasteiger partial charge in [-0.15, -0.1) is 5.10 Å². The lowest BCUT2D eigenvalue weighted by molar-refractivity contribution is -0.0845. The SMILES string of the molecule is Cc1cccc(C(=O)NCc2nnn3c2COC2(CCN(Cc4c(C)noc4C)C2)C3)c1. The van der Waals surface area contributed by atoms with Gasteiger partial charge in [0.25, 0.3) is 5.91 Å². The van der Waals surface area contributed by atoms with Crippen molar-refractivity contribution in [1.82, 2.24) is 30.4 Å². The molecule has 0 bridgehead atoms. The van der Waals surface area contributed by atoms with Gasteiger partial charge >= 0.3 is 0 Å². The molecule has 9 nitrogen and oxygen atoms in total. The van der Waals surface area contributed by atoms with Crippen molar-refractivity contribution in [2.24, 2.45) is 0 Å². The molecule has 5 rings (SSSR count). The zero-order valence-electron chi connectivity index (χ0n) is 18.7. The number of fused-ring (bicyclic) bond motifs is 1. The number of carbonyl (C=O) groups is 1. The van der Waals surface area contributed by atoms with Crippen LogP contribution in [0.5, 0.6) is 0 Å². The summed E-state index contributed by atoms with van der Waals surface area (Å²) in [7, 11) is 0. The fraction of sp³-hybridized carbons (Fsp3) is 0.478. The van der Waals surface area contributed by atoms with Crippen LogP contribution in [-0.2, 0) is 31.0 Å². The maximum absolute atomic E-state index is 12.5. The molecule has 1 N–H and O–H groups in total. The average Bonchev–Trinajstić information content (AvgIpc) is 3.46. The van der Waals surface area contributed by atoms with E-state index in [4.69, 9.17) is 9.26 Å². The monoisotopic (exact) mass is 436 g/mol. The van der Waals surface area contributed by atoms with E-state index >= 15 is 0 Å². The van der Waals surface area contributed by atoms with Crippen molar-refractivity contribution in [2.75, 3.05) is 13.1 Å². The third kappa shape index (κ3) is 3.93. The van der Waals surface area contributed by atoms with Gasteiger partial charge in [-0.1, -0.05) is 28.1 Å². The minimum Gasteiger partial charge on any atom is -0.365 e. The Morgan fingerprint density at radius 2 is 2.12 bits per heavy atom. The van der Waals surface area contributed by atoms with Crippen LogP contribution in [-0.4, -0.2) is 49.6 Å². The van der Waals surface area contributed by atoms with Crippen molar-refractivity contribution < 1.29 is 14.1 Å². The Bertz CT molecular complexity index is 1130. The van der Waals surface area contributed by atoms with Crippen LogP contribution in [0.3, 0.4) is 0 Å². The second-order valence-electron chi connectivity index (χ2n) is 8.93. The normalized spacial score (nSPS) is 20.6.